The van der Waals surface area contributed by atoms with Crippen LogP contribution in [0.15, 0.2) is 0 Å². The smallest absolute Gasteiger partial charge is 0.328 e. The number of carboxylic acids is 1. The number of carbonyl (C=O) groups is 3. The molecule has 134 valence electrons. The van der Waals surface area contributed by atoms with Crippen LogP contribution in [-0.2, 0) is 19.1 Å². The van der Waals surface area contributed by atoms with Crippen molar-refractivity contribution < 1.29 is 24.2 Å². The molecule has 4 N–H and O–H groups in total. The number of carbonyl (C=O) groups excluding carboxylic acids is 2. The van der Waals surface area contributed by atoms with Crippen molar-refractivity contribution in [3.63, 3.8) is 0 Å². The van der Waals surface area contributed by atoms with Crippen molar-refractivity contribution >= 4 is 17.8 Å². The number of ether oxygens (including phenoxy) is 1. The Morgan fingerprint density at radius 2 is 1.67 bits per heavy atom. The second-order valence-electron chi connectivity index (χ2n) is 7.96. The SMILES string of the molecule is C[C@@H](NC(=O)[C@H](N)CC(=O)O)C(=O)OC12CC3CC(CC(C3)C1)C2. The number of nitrogens with two attached hydrogens (primary N) is 1. The maximum Gasteiger partial charge on any atom is 0.328 e. The molecule has 0 aromatic carbocycles. The molecule has 7 heteroatoms. The van der Waals surface area contributed by atoms with Gasteiger partial charge in [-0.05, 0) is 63.2 Å². The maximum atomic E-state index is 12.4. The predicted molar refractivity (Wildman–Crippen MR) is 84.8 cm³/mol. The normalized spacial score (nSPS) is 36.0. The van der Waals surface area contributed by atoms with Gasteiger partial charge in [0.1, 0.15) is 11.6 Å². The molecule has 0 unspecified atom stereocenters. The van der Waals surface area contributed by atoms with E-state index in [-0.39, 0.29) is 5.60 Å². The van der Waals surface area contributed by atoms with Crippen molar-refractivity contribution in [3.05, 3.63) is 0 Å². The fraction of sp³-hybridized carbons (Fsp3) is 0.824. The van der Waals surface area contributed by atoms with Crippen LogP contribution < -0.4 is 11.1 Å². The van der Waals surface area contributed by atoms with Crippen LogP contribution >= 0.6 is 0 Å². The molecule has 0 saturated heterocycles. The third-order valence-electron chi connectivity index (χ3n) is 5.74. The molecule has 0 aromatic rings. The predicted octanol–water partition coefficient (Wildman–Crippen LogP) is 0.805. The van der Waals surface area contributed by atoms with Gasteiger partial charge in [0, 0.05) is 0 Å². The zero-order valence-corrected chi connectivity index (χ0v) is 14.0. The quantitative estimate of drug-likeness (QED) is 0.617. The first-order valence-corrected chi connectivity index (χ1v) is 8.77. The zero-order chi connectivity index (χ0) is 17.5. The lowest BCUT2D eigenvalue weighted by molar-refractivity contribution is -0.188. The molecule has 0 aromatic heterocycles. The van der Waals surface area contributed by atoms with E-state index in [0.29, 0.717) is 17.8 Å². The highest BCUT2D eigenvalue weighted by Crippen LogP contribution is 2.57. The summed E-state index contributed by atoms with van der Waals surface area (Å²) in [5, 5.41) is 11.1. The molecule has 4 aliphatic rings. The van der Waals surface area contributed by atoms with Gasteiger partial charge in [0.2, 0.25) is 5.91 Å². The maximum absolute atomic E-state index is 12.4. The molecule has 0 radical (unpaired) electrons. The molecule has 4 saturated carbocycles. The molecule has 0 heterocycles. The number of nitrogens with one attached hydrogen (secondary N) is 1. The van der Waals surface area contributed by atoms with Crippen molar-refractivity contribution in [2.75, 3.05) is 0 Å². The van der Waals surface area contributed by atoms with Crippen LogP contribution in [0, 0.1) is 17.8 Å². The molecule has 0 aliphatic heterocycles. The van der Waals surface area contributed by atoms with Crippen LogP contribution in [0.3, 0.4) is 0 Å². The molecule has 4 rings (SSSR count). The molecule has 4 aliphatic carbocycles. The van der Waals surface area contributed by atoms with E-state index < -0.39 is 36.4 Å². The Bertz CT molecular complexity index is 512. The van der Waals surface area contributed by atoms with Gasteiger partial charge in [-0.3, -0.25) is 9.59 Å². The van der Waals surface area contributed by atoms with E-state index in [1.165, 1.54) is 19.3 Å². The van der Waals surface area contributed by atoms with Crippen LogP contribution in [0.2, 0.25) is 0 Å². The Morgan fingerprint density at radius 3 is 2.12 bits per heavy atom. The number of carboxylic acid groups (broad SMARTS) is 1. The average Bonchev–Trinajstić information content (AvgIpc) is 2.44. The molecule has 24 heavy (non-hydrogen) atoms. The van der Waals surface area contributed by atoms with Gasteiger partial charge in [0.25, 0.3) is 0 Å². The van der Waals surface area contributed by atoms with Gasteiger partial charge in [-0.25, -0.2) is 4.79 Å². The Labute approximate surface area is 141 Å². The summed E-state index contributed by atoms with van der Waals surface area (Å²) in [6, 6.07) is -2.00. The van der Waals surface area contributed by atoms with Gasteiger partial charge in [-0.1, -0.05) is 0 Å². The first kappa shape index (κ1) is 17.2. The highest BCUT2D eigenvalue weighted by molar-refractivity contribution is 5.89. The lowest BCUT2D eigenvalue weighted by Gasteiger charge is -2.55. The van der Waals surface area contributed by atoms with E-state index in [4.69, 9.17) is 15.6 Å². The number of amides is 1. The van der Waals surface area contributed by atoms with E-state index in [1.807, 2.05) is 0 Å². The summed E-state index contributed by atoms with van der Waals surface area (Å²) in [5.74, 6) is -0.254. The van der Waals surface area contributed by atoms with Crippen LogP contribution in [0.5, 0.6) is 0 Å². The molecule has 0 spiro atoms. The van der Waals surface area contributed by atoms with Gasteiger partial charge in [0.05, 0.1) is 12.5 Å². The van der Waals surface area contributed by atoms with Crippen molar-refractivity contribution in [1.82, 2.24) is 5.32 Å². The third-order valence-corrected chi connectivity index (χ3v) is 5.74. The number of esters is 1. The van der Waals surface area contributed by atoms with E-state index in [0.717, 1.165) is 19.3 Å². The minimum absolute atomic E-state index is 0.353. The van der Waals surface area contributed by atoms with Crippen LogP contribution in [-0.4, -0.2) is 40.6 Å². The van der Waals surface area contributed by atoms with E-state index in [9.17, 15) is 14.4 Å². The van der Waals surface area contributed by atoms with Crippen LogP contribution in [0.25, 0.3) is 0 Å². The average molecular weight is 338 g/mol. The number of rotatable bonds is 6. The fourth-order valence-corrected chi connectivity index (χ4v) is 5.12. The summed E-state index contributed by atoms with van der Waals surface area (Å²) in [7, 11) is 0. The molecular formula is C17H26N2O5. The first-order chi connectivity index (χ1) is 11.3. The number of hydrogen-bond acceptors (Lipinski definition) is 5. The second-order valence-corrected chi connectivity index (χ2v) is 7.96. The van der Waals surface area contributed by atoms with Gasteiger partial charge < -0.3 is 20.9 Å². The van der Waals surface area contributed by atoms with Crippen molar-refractivity contribution in [2.24, 2.45) is 23.5 Å². The number of aliphatic carboxylic acids is 1. The minimum Gasteiger partial charge on any atom is -0.481 e. The van der Waals surface area contributed by atoms with Crippen LogP contribution in [0.1, 0.15) is 51.9 Å². The fourth-order valence-electron chi connectivity index (χ4n) is 5.12. The Hall–Kier alpha value is -1.63. The number of hydrogen-bond donors (Lipinski definition) is 3. The first-order valence-electron chi connectivity index (χ1n) is 8.77. The van der Waals surface area contributed by atoms with E-state index in [2.05, 4.69) is 5.32 Å². The summed E-state index contributed by atoms with van der Waals surface area (Å²) >= 11 is 0. The summed E-state index contributed by atoms with van der Waals surface area (Å²) in [5.41, 5.74) is 5.16. The van der Waals surface area contributed by atoms with E-state index in [1.54, 1.807) is 6.92 Å². The van der Waals surface area contributed by atoms with Gasteiger partial charge >= 0.3 is 11.9 Å². The van der Waals surface area contributed by atoms with Crippen molar-refractivity contribution in [2.45, 2.75) is 69.6 Å². The molecule has 7 nitrogen and oxygen atoms in total. The monoisotopic (exact) mass is 338 g/mol. The third kappa shape index (κ3) is 3.55. The zero-order valence-electron chi connectivity index (χ0n) is 14.0. The molecular weight excluding hydrogens is 312 g/mol. The molecule has 2 atom stereocenters. The van der Waals surface area contributed by atoms with Gasteiger partial charge in [0.15, 0.2) is 0 Å². The molecule has 4 bridgehead atoms. The Kier molecular flexibility index (Phi) is 4.55. The lowest BCUT2D eigenvalue weighted by atomic mass is 9.54. The standard InChI is InChI=1S/C17H26N2O5/c1-9(19-15(22)13(18)5-14(20)21)16(23)24-17-6-10-2-11(7-17)4-12(3-10)8-17/h9-13H,2-8,18H2,1H3,(H,19,22)(H,20,21)/t9-,10?,11?,12?,13-,17?/m1/s1. The van der Waals surface area contributed by atoms with Crippen LogP contribution in [0.4, 0.5) is 0 Å². The van der Waals surface area contributed by atoms with E-state index >= 15 is 0 Å². The molecule has 4 fully saturated rings. The van der Waals surface area contributed by atoms with Crippen molar-refractivity contribution in [1.29, 1.82) is 0 Å². The van der Waals surface area contributed by atoms with Gasteiger partial charge in [-0.2, -0.15) is 0 Å². The summed E-state index contributed by atoms with van der Waals surface area (Å²) in [6.07, 6.45) is 6.10. The summed E-state index contributed by atoms with van der Waals surface area (Å²) < 4.78 is 5.86. The van der Waals surface area contributed by atoms with Crippen molar-refractivity contribution in [3.8, 4) is 0 Å². The Balaban J connectivity index is 1.55. The summed E-state index contributed by atoms with van der Waals surface area (Å²) in [4.78, 5) is 34.9. The largest absolute Gasteiger partial charge is 0.481 e. The minimum atomic E-state index is -1.17. The Morgan fingerprint density at radius 1 is 1.17 bits per heavy atom. The molecule has 1 amide bonds. The second kappa shape index (κ2) is 6.35. The highest BCUT2D eigenvalue weighted by atomic mass is 16.6. The summed E-state index contributed by atoms with van der Waals surface area (Å²) in [6.45, 7) is 1.55. The van der Waals surface area contributed by atoms with Gasteiger partial charge in [-0.15, -0.1) is 0 Å². The highest BCUT2D eigenvalue weighted by Gasteiger charge is 2.53. The lowest BCUT2D eigenvalue weighted by Crippen LogP contribution is -2.55. The topological polar surface area (TPSA) is 119 Å².